The van der Waals surface area contributed by atoms with Gasteiger partial charge in [-0.15, -0.1) is 0 Å². The Balaban J connectivity index is 0.000000713. The van der Waals surface area contributed by atoms with Crippen LogP contribution in [0.25, 0.3) is 0 Å². The molecule has 13 atom stereocenters. The van der Waals surface area contributed by atoms with Crippen LogP contribution < -0.4 is 64.4 Å². The number of aromatic amines is 4. The Labute approximate surface area is 812 Å². The molecule has 0 aliphatic carbocycles. The van der Waals surface area contributed by atoms with Crippen LogP contribution in [0, 0.1) is 20.7 Å². The molecule has 0 radical (unpaired) electrons. The molecule has 121 heavy (non-hydrogen) atoms. The van der Waals surface area contributed by atoms with Gasteiger partial charge in [-0.3, -0.25) is 34.0 Å². The second-order valence-corrected chi connectivity index (χ2v) is 39.6. The van der Waals surface area contributed by atoms with E-state index in [9.17, 15) is 38.4 Å². The monoisotopic (exact) mass is 2190 g/mol. The third-order valence-corrected chi connectivity index (χ3v) is 22.6. The Hall–Kier alpha value is -4.47. The SMILES string of the molecule is COC(=O)N[C@H](C(=O)N1[C@@H](C)CC[C@H]1c1ncc(I)[nH]1)C(C)C.C[C@H]1CC[C@@H](C(=O)O)N1C(=O)OC(C)(C)C.C[C@H]1CC[C@@H](CO)N1C(=O)OC(C)(C)C.C[C@H]1CC[C@@H](c2nc(I)c(I)[nH]2)N1C(=O)OC(C)(C)C.C[C@H]1CC[C@@H](c2ncc(I)[nH]2)N1C(=O)OC(C)(C)C.C[C@H]1CC[C@@H](c2ncc[nH]2)N1C(=O)OC(C)(C)C.O=CC=O.O=[S-](=O)[O-].[Na+].[Na+]. The van der Waals surface area contributed by atoms with Gasteiger partial charge in [-0.25, -0.2) is 53.5 Å². The number of nitrogens with one attached hydrogen (secondary N) is 5. The van der Waals surface area contributed by atoms with Crippen LogP contribution in [0.3, 0.4) is 0 Å². The van der Waals surface area contributed by atoms with Crippen molar-refractivity contribution < 1.29 is 159 Å². The van der Waals surface area contributed by atoms with E-state index in [2.05, 4.69) is 154 Å². The molecule has 6 aliphatic rings. The molecule has 0 saturated carbocycles. The number of aromatic nitrogens is 8. The third-order valence-electron chi connectivity index (χ3n) is 18.9. The van der Waals surface area contributed by atoms with Crippen LogP contribution >= 0.6 is 90.4 Å². The van der Waals surface area contributed by atoms with Crippen LogP contribution in [0.5, 0.6) is 0 Å². The summed E-state index contributed by atoms with van der Waals surface area (Å²) >= 11 is 8.77. The minimum atomic E-state index is -3.11. The van der Waals surface area contributed by atoms with Gasteiger partial charge in [0.25, 0.3) is 0 Å². The Kier molecular flexibility index (Phi) is 49.3. The molecule has 10 heterocycles. The van der Waals surface area contributed by atoms with Gasteiger partial charge in [-0.05, 0) is 319 Å². The zero-order valence-corrected chi connectivity index (χ0v) is 88.2. The summed E-state index contributed by atoms with van der Waals surface area (Å²) in [5.41, 5.74) is -2.48. The number of carboxylic acid groups (broad SMARTS) is 1. The molecule has 43 heteroatoms. The van der Waals surface area contributed by atoms with Crippen LogP contribution in [0.1, 0.15) is 284 Å². The molecule has 10 rings (SSSR count). The molecule has 4 aromatic heterocycles. The molecule has 0 unspecified atom stereocenters. The zero-order chi connectivity index (χ0) is 90.9. The van der Waals surface area contributed by atoms with E-state index in [0.717, 1.165) is 102 Å². The van der Waals surface area contributed by atoms with Gasteiger partial charge in [0.2, 0.25) is 5.91 Å². The molecular weight excluding hydrogens is 2070 g/mol. The van der Waals surface area contributed by atoms with Crippen molar-refractivity contribution >= 4 is 162 Å². The number of hydrogen-bond acceptors (Lipinski definition) is 25. The summed E-state index contributed by atoms with van der Waals surface area (Å²) in [6.07, 6.45) is 15.7. The molecular formula is C78H125I4N15Na2O21S. The topological polar surface area (TPSA) is 470 Å². The number of carboxylic acids is 1. The van der Waals surface area contributed by atoms with Gasteiger partial charge in [-0.1, -0.05) is 13.8 Å². The maximum absolute atomic E-state index is 13.1. The molecule has 4 aromatic rings. The summed E-state index contributed by atoms with van der Waals surface area (Å²) in [6, 6.07) is -0.784. The number of amides is 7. The van der Waals surface area contributed by atoms with Gasteiger partial charge in [0.05, 0.1) is 63.7 Å². The maximum atomic E-state index is 13.1. The van der Waals surface area contributed by atoms with Crippen LogP contribution in [0.2, 0.25) is 0 Å². The van der Waals surface area contributed by atoms with E-state index in [4.69, 9.17) is 56.5 Å². The molecule has 6 saturated heterocycles. The molecule has 0 aromatic carbocycles. The number of aliphatic hydroxyl groups excluding tert-OH is 1. The number of ether oxygens (including phenoxy) is 6. The molecule has 36 nitrogen and oxygen atoms in total. The minimum Gasteiger partial charge on any atom is -0.917 e. The zero-order valence-electron chi connectivity index (χ0n) is 74.8. The Morgan fingerprint density at radius 1 is 0.512 bits per heavy atom. The van der Waals surface area contributed by atoms with Gasteiger partial charge < -0.3 is 86.7 Å². The number of aliphatic hydroxyl groups is 1. The van der Waals surface area contributed by atoms with Crippen molar-refractivity contribution in [2.45, 2.75) is 343 Å². The van der Waals surface area contributed by atoms with Crippen molar-refractivity contribution in [3.63, 3.8) is 0 Å². The molecule has 6 fully saturated rings. The number of imidazole rings is 4. The van der Waals surface area contributed by atoms with E-state index in [1.165, 1.54) is 12.0 Å². The van der Waals surface area contributed by atoms with E-state index < -0.39 is 69.2 Å². The first-order chi connectivity index (χ1) is 54.9. The number of aldehydes is 2. The van der Waals surface area contributed by atoms with Gasteiger partial charge in [0, 0.05) is 48.6 Å². The number of aliphatic carboxylic acids is 1. The summed E-state index contributed by atoms with van der Waals surface area (Å²) in [6.45, 7) is 43.7. The number of halogens is 4. The maximum Gasteiger partial charge on any atom is 1.00 e. The normalized spacial score (nSPS) is 22.6. The van der Waals surface area contributed by atoms with E-state index in [1.54, 1.807) is 60.3 Å². The first kappa shape index (κ1) is 115. The van der Waals surface area contributed by atoms with Crippen LogP contribution in [0.15, 0.2) is 24.8 Å². The van der Waals surface area contributed by atoms with Gasteiger partial charge in [-0.2, -0.15) is 11.0 Å². The smallest absolute Gasteiger partial charge is 0.917 e. The largest absolute Gasteiger partial charge is 1.00 e. The van der Waals surface area contributed by atoms with Crippen molar-refractivity contribution in [1.82, 2.24) is 74.6 Å². The summed E-state index contributed by atoms with van der Waals surface area (Å²) in [5, 5.41) is 20.8. The predicted molar refractivity (Wildman–Crippen MR) is 474 cm³/mol. The minimum absolute atomic E-state index is 0. The Morgan fingerprint density at radius 2 is 0.835 bits per heavy atom. The standard InChI is InChI=1S/C15H23IN4O3.C13H19I2N3O2.C13H20IN3O2.C13H21N3O2.C11H19NO4.C11H21NO3.C2H2O2.2Na.O3S/c1-8(2)12(19-15(22)23-4)14(21)20-9(3)5-6-10(20)13-17-7-11(16)18-13;1-7-5-6-8(11-16-9(14)10(15)17-11)18(7)12(19)20-13(2,3)4;1-8-5-6-9(11-15-7-10(14)16-11)17(8)12(18)19-13(2,3)4;1-9-5-6-10(11-14-7-8-15-11)16(9)12(17)18-13(2,3)4;1-7-5-6-8(9(13)14)12(7)10(15)16-11(2,3)4;1-8-5-6-9(7-13)12(8)10(14)15-11(2,3)4;3-1-2-4;;;1-4(2)3/h7-10,12H,5-6H2,1-4H3,(H,17,18)(H,19,22);7-8H,5-6H2,1-4H3,(H,16,17);7-9H,5-6H2,1-4H3,(H,15,16);7-10H,5-6H2,1-4H3,(H,14,15);7-8H,5-6H2,1-4H3,(H,13,14);8-9,13H,5-7H2,1-4H3;1-2H;;;/q;;;;;;;2*+1;-2/t9-,10-,12-;7-,8-;8-,9-;9-,10-;7-,8-;8-,9-;;;;/m000000..../s1. The van der Waals surface area contributed by atoms with Gasteiger partial charge in [0.15, 0.2) is 12.6 Å². The first-order valence-electron chi connectivity index (χ1n) is 39.4. The number of nitrogens with zero attached hydrogens (tertiary/aromatic N) is 10. The molecule has 7 N–H and O–H groups in total. The summed E-state index contributed by atoms with van der Waals surface area (Å²) in [4.78, 5) is 154. The summed E-state index contributed by atoms with van der Waals surface area (Å²) in [7, 11) is -1.82. The van der Waals surface area contributed by atoms with Crippen LogP contribution in [0.4, 0.5) is 28.8 Å². The van der Waals surface area contributed by atoms with Gasteiger partial charge >= 0.3 is 102 Å². The van der Waals surface area contributed by atoms with Crippen LogP contribution in [-0.4, -0.2) is 241 Å². The third kappa shape index (κ3) is 38.6. The van der Waals surface area contributed by atoms with Crippen molar-refractivity contribution in [3.05, 3.63) is 62.9 Å². The fraction of sp³-hybridized carbons (Fsp3) is 0.718. The van der Waals surface area contributed by atoms with Crippen molar-refractivity contribution in [2.24, 2.45) is 5.92 Å². The van der Waals surface area contributed by atoms with Crippen molar-refractivity contribution in [2.75, 3.05) is 13.7 Å². The number of carbonyl (C=O) groups excluding carboxylic acids is 9. The molecule has 0 bridgehead atoms. The van der Waals surface area contributed by atoms with E-state index >= 15 is 0 Å². The summed E-state index contributed by atoms with van der Waals surface area (Å²) in [5.74, 6) is 2.25. The quantitative estimate of drug-likeness (QED) is 0.0114. The Morgan fingerprint density at radius 3 is 1.14 bits per heavy atom. The number of hydrogen-bond donors (Lipinski definition) is 7. The summed E-state index contributed by atoms with van der Waals surface area (Å²) < 4.78 is 60.8. The number of rotatable bonds is 10. The molecule has 7 amide bonds. The molecule has 0 spiro atoms. The number of methoxy groups -OCH3 is 1. The second kappa shape index (κ2) is 52.1. The van der Waals surface area contributed by atoms with E-state index in [1.807, 2.05) is 134 Å². The second-order valence-electron chi connectivity index (χ2n) is 34.8. The Bertz CT molecular complexity index is 3980. The average molecular weight is 2190 g/mol. The molecule has 674 valence electrons. The van der Waals surface area contributed by atoms with E-state index in [-0.39, 0.29) is 181 Å². The van der Waals surface area contributed by atoms with E-state index in [0.29, 0.717) is 12.8 Å². The average Bonchev–Trinajstić information content (AvgIpc) is 1.62. The predicted octanol–water partition coefficient (Wildman–Crippen LogP) is 9.32. The number of H-pyrrole nitrogens is 4. The first-order valence-corrected chi connectivity index (χ1v) is 44.8. The number of carbonyl (C=O) groups is 10. The van der Waals surface area contributed by atoms with Crippen molar-refractivity contribution in [3.8, 4) is 0 Å². The van der Waals surface area contributed by atoms with Gasteiger partial charge in [0.1, 0.15) is 70.8 Å². The van der Waals surface area contributed by atoms with Crippen molar-refractivity contribution in [1.29, 1.82) is 0 Å². The fourth-order valence-corrected chi connectivity index (χ4v) is 15.4. The molecule has 6 aliphatic heterocycles. The number of likely N-dealkylation sites (tertiary alicyclic amines) is 6. The number of alkyl carbamates (subject to hydrolysis) is 1. The van der Waals surface area contributed by atoms with Crippen LogP contribution in [-0.2, 0) is 67.0 Å². The fourth-order valence-electron chi connectivity index (χ4n) is 13.8.